The molecule has 3 aromatic rings. The Kier molecular flexibility index (Phi) is 4.26. The topological polar surface area (TPSA) is 49.0 Å². The Balaban J connectivity index is 1.65. The van der Waals surface area contributed by atoms with Gasteiger partial charge in [-0.05, 0) is 42.9 Å². The number of aryl methyl sites for hydroxylation is 1. The highest BCUT2D eigenvalue weighted by atomic mass is 16.2. The zero-order valence-electron chi connectivity index (χ0n) is 14.5. The van der Waals surface area contributed by atoms with Crippen molar-refractivity contribution in [1.82, 2.24) is 15.1 Å². The zero-order valence-corrected chi connectivity index (χ0v) is 14.5. The summed E-state index contributed by atoms with van der Waals surface area (Å²) in [5.74, 6) is 0.112. The molecule has 0 saturated carbocycles. The molecule has 0 bridgehead atoms. The monoisotopic (exact) mass is 333 g/mol. The van der Waals surface area contributed by atoms with Gasteiger partial charge in [0.2, 0.25) is 0 Å². The van der Waals surface area contributed by atoms with Crippen LogP contribution in [0.4, 0.5) is 0 Å². The lowest BCUT2D eigenvalue weighted by molar-refractivity contribution is 0.0663. The van der Waals surface area contributed by atoms with Crippen LogP contribution in [-0.2, 0) is 12.8 Å². The van der Waals surface area contributed by atoms with E-state index in [1.165, 1.54) is 11.1 Å². The average Bonchev–Trinajstić information content (AvgIpc) is 3.14. The van der Waals surface area contributed by atoms with E-state index in [1.54, 1.807) is 6.20 Å². The molecule has 0 unspecified atom stereocenters. The fourth-order valence-electron chi connectivity index (χ4n) is 3.94. The van der Waals surface area contributed by atoms with E-state index in [4.69, 9.17) is 0 Å². The summed E-state index contributed by atoms with van der Waals surface area (Å²) in [4.78, 5) is 15.4. The van der Waals surface area contributed by atoms with Gasteiger partial charge in [-0.3, -0.25) is 9.89 Å². The van der Waals surface area contributed by atoms with Crippen molar-refractivity contribution in [2.24, 2.45) is 0 Å². The molecule has 1 heterocycles. The summed E-state index contributed by atoms with van der Waals surface area (Å²) in [7, 11) is 0. The predicted molar refractivity (Wildman–Crippen MR) is 99.7 cm³/mol. The first-order valence-electron chi connectivity index (χ1n) is 9.07. The van der Waals surface area contributed by atoms with Crippen molar-refractivity contribution in [2.45, 2.75) is 38.6 Å². The molecule has 0 fully saturated rings. The van der Waals surface area contributed by atoms with Gasteiger partial charge in [0.1, 0.15) is 0 Å². The Labute approximate surface area is 147 Å². The van der Waals surface area contributed by atoms with Crippen LogP contribution in [0.5, 0.6) is 0 Å². The number of fused-ring (bicyclic) bond motifs is 2. The highest BCUT2D eigenvalue weighted by Crippen LogP contribution is 2.27. The van der Waals surface area contributed by atoms with Gasteiger partial charge in [0.15, 0.2) is 0 Å². The maximum Gasteiger partial charge on any atom is 0.256 e. The number of carbonyl (C=O) groups is 1. The fourth-order valence-corrected chi connectivity index (χ4v) is 3.94. The van der Waals surface area contributed by atoms with Crippen molar-refractivity contribution in [3.8, 4) is 0 Å². The van der Waals surface area contributed by atoms with Gasteiger partial charge in [-0.2, -0.15) is 5.10 Å². The van der Waals surface area contributed by atoms with Crippen LogP contribution in [0.2, 0.25) is 0 Å². The van der Waals surface area contributed by atoms with Crippen LogP contribution in [0.25, 0.3) is 10.9 Å². The van der Waals surface area contributed by atoms with Crippen LogP contribution >= 0.6 is 0 Å². The van der Waals surface area contributed by atoms with E-state index >= 15 is 0 Å². The average molecular weight is 333 g/mol. The molecule has 0 aliphatic heterocycles. The summed E-state index contributed by atoms with van der Waals surface area (Å²) in [6, 6.07) is 14.7. The zero-order chi connectivity index (χ0) is 17.2. The third kappa shape index (κ3) is 2.93. The number of aromatic amines is 1. The van der Waals surface area contributed by atoms with E-state index in [0.29, 0.717) is 0 Å². The van der Waals surface area contributed by atoms with E-state index in [1.807, 2.05) is 18.2 Å². The molecule has 25 heavy (non-hydrogen) atoms. The van der Waals surface area contributed by atoms with E-state index < -0.39 is 0 Å². The maximum atomic E-state index is 13.3. The summed E-state index contributed by atoms with van der Waals surface area (Å²) >= 11 is 0. The Hall–Kier alpha value is -2.62. The van der Waals surface area contributed by atoms with Crippen molar-refractivity contribution in [2.75, 3.05) is 6.54 Å². The van der Waals surface area contributed by atoms with E-state index in [0.717, 1.165) is 48.7 Å². The van der Waals surface area contributed by atoms with Crippen molar-refractivity contribution in [1.29, 1.82) is 0 Å². The molecule has 4 rings (SSSR count). The number of aromatic nitrogens is 2. The molecule has 128 valence electrons. The van der Waals surface area contributed by atoms with Gasteiger partial charge in [0.05, 0.1) is 17.3 Å². The molecule has 0 radical (unpaired) electrons. The standard InChI is InChI=1S/C21H23N3O/c1-2-12-24(18-11-10-15-6-3-4-7-16(15)13-18)21(25)19-9-5-8-17-14-22-23-20(17)19/h3-9,14,18H,2,10-13H2,1H3,(H,22,23)/t18-/m1/s1. The van der Waals surface area contributed by atoms with Crippen LogP contribution in [0, 0.1) is 0 Å². The second-order valence-corrected chi connectivity index (χ2v) is 6.80. The number of hydrogen-bond acceptors (Lipinski definition) is 2. The molecule has 0 saturated heterocycles. The number of hydrogen-bond donors (Lipinski definition) is 1. The van der Waals surface area contributed by atoms with Crippen LogP contribution in [0.1, 0.15) is 41.3 Å². The third-order valence-corrected chi connectivity index (χ3v) is 5.19. The molecule has 1 aromatic heterocycles. The Morgan fingerprint density at radius 2 is 2.04 bits per heavy atom. The van der Waals surface area contributed by atoms with Crippen molar-refractivity contribution >= 4 is 16.8 Å². The minimum absolute atomic E-state index is 0.112. The molecule has 1 amide bonds. The van der Waals surface area contributed by atoms with E-state index in [2.05, 4.69) is 46.3 Å². The van der Waals surface area contributed by atoms with Crippen molar-refractivity contribution in [3.63, 3.8) is 0 Å². The molecule has 4 nitrogen and oxygen atoms in total. The fraction of sp³-hybridized carbons (Fsp3) is 0.333. The van der Waals surface area contributed by atoms with E-state index in [-0.39, 0.29) is 11.9 Å². The first-order valence-corrected chi connectivity index (χ1v) is 9.07. The summed E-state index contributed by atoms with van der Waals surface area (Å²) in [6.45, 7) is 2.92. The second kappa shape index (κ2) is 6.71. The summed E-state index contributed by atoms with van der Waals surface area (Å²) < 4.78 is 0. The number of amides is 1. The lowest BCUT2D eigenvalue weighted by Gasteiger charge is -2.35. The SMILES string of the molecule is CCCN(C(=O)c1cccc2cn[nH]c12)[C@@H]1CCc2ccccc2C1. The van der Waals surface area contributed by atoms with Crippen LogP contribution in [0.3, 0.4) is 0 Å². The van der Waals surface area contributed by atoms with Gasteiger partial charge >= 0.3 is 0 Å². The quantitative estimate of drug-likeness (QED) is 0.785. The Morgan fingerprint density at radius 1 is 1.20 bits per heavy atom. The number of H-pyrrole nitrogens is 1. The summed E-state index contributed by atoms with van der Waals surface area (Å²) in [6.07, 6.45) is 5.75. The van der Waals surface area contributed by atoms with Gasteiger partial charge in [0.25, 0.3) is 5.91 Å². The molecular weight excluding hydrogens is 310 g/mol. The molecule has 1 N–H and O–H groups in total. The number of nitrogens with one attached hydrogen (secondary N) is 1. The molecule has 1 atom stereocenters. The normalized spacial score (nSPS) is 16.6. The van der Waals surface area contributed by atoms with Gasteiger partial charge < -0.3 is 4.90 Å². The number of carbonyl (C=O) groups excluding carboxylic acids is 1. The first-order chi connectivity index (χ1) is 12.3. The lowest BCUT2D eigenvalue weighted by Crippen LogP contribution is -2.44. The van der Waals surface area contributed by atoms with Gasteiger partial charge in [0, 0.05) is 18.0 Å². The Morgan fingerprint density at radius 3 is 2.88 bits per heavy atom. The number of benzene rings is 2. The summed E-state index contributed by atoms with van der Waals surface area (Å²) in [5, 5.41) is 8.07. The van der Waals surface area contributed by atoms with Crippen molar-refractivity contribution in [3.05, 3.63) is 65.4 Å². The lowest BCUT2D eigenvalue weighted by atomic mass is 9.87. The molecule has 1 aliphatic rings. The first kappa shape index (κ1) is 15.9. The predicted octanol–water partition coefficient (Wildman–Crippen LogP) is 3.97. The second-order valence-electron chi connectivity index (χ2n) is 6.80. The summed E-state index contributed by atoms with van der Waals surface area (Å²) in [5.41, 5.74) is 4.37. The van der Waals surface area contributed by atoms with Crippen LogP contribution in [0.15, 0.2) is 48.7 Å². The highest BCUT2D eigenvalue weighted by molar-refractivity contribution is 6.05. The molecule has 2 aromatic carbocycles. The molecule has 4 heteroatoms. The maximum absolute atomic E-state index is 13.3. The van der Waals surface area contributed by atoms with E-state index in [9.17, 15) is 4.79 Å². The minimum Gasteiger partial charge on any atom is -0.335 e. The third-order valence-electron chi connectivity index (χ3n) is 5.19. The largest absolute Gasteiger partial charge is 0.335 e. The highest BCUT2D eigenvalue weighted by Gasteiger charge is 2.28. The number of nitrogens with zero attached hydrogens (tertiary/aromatic N) is 2. The smallest absolute Gasteiger partial charge is 0.256 e. The van der Waals surface area contributed by atoms with Crippen LogP contribution < -0.4 is 0 Å². The number of para-hydroxylation sites is 1. The molecular formula is C21H23N3O. The van der Waals surface area contributed by atoms with Gasteiger partial charge in [-0.15, -0.1) is 0 Å². The Bertz CT molecular complexity index is 899. The van der Waals surface area contributed by atoms with Crippen LogP contribution in [-0.4, -0.2) is 33.6 Å². The van der Waals surface area contributed by atoms with Gasteiger partial charge in [-0.25, -0.2) is 0 Å². The minimum atomic E-state index is 0.112. The number of rotatable bonds is 4. The molecule has 1 aliphatic carbocycles. The van der Waals surface area contributed by atoms with Gasteiger partial charge in [-0.1, -0.05) is 43.3 Å². The van der Waals surface area contributed by atoms with Crippen molar-refractivity contribution < 1.29 is 4.79 Å². The molecule has 0 spiro atoms.